The number of carbonyl (C=O) groups is 1. The van der Waals surface area contributed by atoms with Gasteiger partial charge >= 0.3 is 5.97 Å². The van der Waals surface area contributed by atoms with Crippen molar-refractivity contribution in [2.24, 2.45) is 5.41 Å². The molecule has 2 aromatic rings. The van der Waals surface area contributed by atoms with Crippen molar-refractivity contribution in [2.75, 3.05) is 13.6 Å². The zero-order valence-electron chi connectivity index (χ0n) is 15.9. The average Bonchev–Trinajstić information content (AvgIpc) is 3.30. The van der Waals surface area contributed by atoms with Gasteiger partial charge < -0.3 is 28.4 Å². The molecule has 7 nitrogen and oxygen atoms in total. The van der Waals surface area contributed by atoms with Crippen molar-refractivity contribution in [3.05, 3.63) is 37.1 Å². The first kappa shape index (κ1) is 18.0. The van der Waals surface area contributed by atoms with Gasteiger partial charge in [0.2, 0.25) is 13.6 Å². The highest BCUT2D eigenvalue weighted by Crippen LogP contribution is 2.55. The molecule has 146 valence electrons. The van der Waals surface area contributed by atoms with E-state index in [0.29, 0.717) is 45.6 Å². The molecular weight excluding hydrogens is 364 g/mol. The Balaban J connectivity index is 1.95. The quantitative estimate of drug-likeness (QED) is 0.442. The molecule has 0 atom stereocenters. The highest BCUT2D eigenvalue weighted by atomic mass is 16.7. The third kappa shape index (κ3) is 2.98. The Morgan fingerprint density at radius 2 is 1.46 bits per heavy atom. The van der Waals surface area contributed by atoms with E-state index in [0.717, 1.165) is 0 Å². The van der Waals surface area contributed by atoms with Crippen LogP contribution in [0.25, 0.3) is 11.1 Å². The van der Waals surface area contributed by atoms with Gasteiger partial charge in [-0.25, -0.2) is 0 Å². The van der Waals surface area contributed by atoms with Crippen molar-refractivity contribution in [3.63, 3.8) is 0 Å². The maximum absolute atomic E-state index is 12.6. The van der Waals surface area contributed by atoms with Crippen LogP contribution in [0.4, 0.5) is 0 Å². The first-order valence-corrected chi connectivity index (χ1v) is 8.75. The van der Waals surface area contributed by atoms with Crippen molar-refractivity contribution in [3.8, 4) is 45.6 Å². The van der Waals surface area contributed by atoms with Gasteiger partial charge in [-0.2, -0.15) is 0 Å². The molecule has 0 saturated carbocycles. The van der Waals surface area contributed by atoms with Crippen LogP contribution in [-0.4, -0.2) is 19.6 Å². The van der Waals surface area contributed by atoms with E-state index in [-0.39, 0.29) is 19.6 Å². The molecule has 7 heteroatoms. The van der Waals surface area contributed by atoms with Crippen molar-refractivity contribution in [1.29, 1.82) is 0 Å². The fourth-order valence-corrected chi connectivity index (χ4v) is 2.91. The first-order valence-electron chi connectivity index (χ1n) is 8.75. The van der Waals surface area contributed by atoms with Crippen LogP contribution < -0.4 is 28.4 Å². The number of ether oxygens (including phenoxy) is 6. The second kappa shape index (κ2) is 6.67. The molecule has 2 aliphatic heterocycles. The number of fused-ring (bicyclic) bond motifs is 2. The van der Waals surface area contributed by atoms with Crippen molar-refractivity contribution < 1.29 is 33.2 Å². The average molecular weight is 384 g/mol. The summed E-state index contributed by atoms with van der Waals surface area (Å²) in [5, 5.41) is 0. The van der Waals surface area contributed by atoms with E-state index >= 15 is 0 Å². The number of hydrogen-bond acceptors (Lipinski definition) is 7. The van der Waals surface area contributed by atoms with Gasteiger partial charge in [0.05, 0.1) is 22.8 Å². The van der Waals surface area contributed by atoms with Gasteiger partial charge in [0.25, 0.3) is 0 Å². The number of carbonyl (C=O) groups excluding carboxylic acids is 1. The Bertz CT molecular complexity index is 956. The molecule has 2 heterocycles. The van der Waals surface area contributed by atoms with Crippen LogP contribution >= 0.6 is 0 Å². The van der Waals surface area contributed by atoms with E-state index in [2.05, 4.69) is 6.58 Å². The van der Waals surface area contributed by atoms with Gasteiger partial charge in [-0.3, -0.25) is 4.79 Å². The van der Waals surface area contributed by atoms with E-state index in [1.807, 2.05) is 0 Å². The van der Waals surface area contributed by atoms with Crippen molar-refractivity contribution >= 4 is 5.97 Å². The van der Waals surface area contributed by atoms with Crippen LogP contribution in [0.1, 0.15) is 20.8 Å². The number of esters is 1. The first-order chi connectivity index (χ1) is 13.4. The maximum atomic E-state index is 12.6. The summed E-state index contributed by atoms with van der Waals surface area (Å²) >= 11 is 0. The van der Waals surface area contributed by atoms with Gasteiger partial charge in [0.1, 0.15) is 11.5 Å². The molecule has 0 aliphatic carbocycles. The second-order valence-corrected chi connectivity index (χ2v) is 7.27. The van der Waals surface area contributed by atoms with Crippen LogP contribution in [0, 0.1) is 5.41 Å². The highest BCUT2D eigenvalue weighted by molar-refractivity contribution is 5.91. The third-order valence-corrected chi connectivity index (χ3v) is 4.28. The lowest BCUT2D eigenvalue weighted by atomic mass is 9.96. The lowest BCUT2D eigenvalue weighted by molar-refractivity contribution is -0.142. The fourth-order valence-electron chi connectivity index (χ4n) is 2.91. The molecule has 0 radical (unpaired) electrons. The standard InChI is InChI=1S/C21H20O7/c1-5-23-12-6-8-14-18(26-10-24-14)16(12)17-13(28-20(22)21(2,3)4)7-9-15-19(17)27-11-25-15/h5-9H,1,10-11H2,2-4H3. The number of hydrogen-bond donors (Lipinski definition) is 0. The number of benzene rings is 2. The molecule has 0 aromatic heterocycles. The van der Waals surface area contributed by atoms with Gasteiger partial charge in [-0.1, -0.05) is 6.58 Å². The molecule has 2 aliphatic rings. The minimum absolute atomic E-state index is 0.0586. The minimum atomic E-state index is -0.688. The van der Waals surface area contributed by atoms with Crippen LogP contribution in [0.15, 0.2) is 37.1 Å². The SMILES string of the molecule is C=COc1ccc2c(c1-c1c(OC(=O)C(C)(C)C)ccc3c1OCO3)OCO2. The topological polar surface area (TPSA) is 72.5 Å². The van der Waals surface area contributed by atoms with E-state index in [9.17, 15) is 4.79 Å². The zero-order valence-corrected chi connectivity index (χ0v) is 15.9. The monoisotopic (exact) mass is 384 g/mol. The Morgan fingerprint density at radius 3 is 2.00 bits per heavy atom. The summed E-state index contributed by atoms with van der Waals surface area (Å²) in [5.74, 6) is 2.37. The zero-order chi connectivity index (χ0) is 19.9. The van der Waals surface area contributed by atoms with Crippen molar-refractivity contribution in [2.45, 2.75) is 20.8 Å². The molecule has 0 saturated heterocycles. The summed E-state index contributed by atoms with van der Waals surface area (Å²) < 4.78 is 33.7. The summed E-state index contributed by atoms with van der Waals surface area (Å²) in [6.07, 6.45) is 1.31. The lowest BCUT2D eigenvalue weighted by Crippen LogP contribution is -2.25. The van der Waals surface area contributed by atoms with E-state index < -0.39 is 5.41 Å². The molecule has 0 amide bonds. The van der Waals surface area contributed by atoms with Gasteiger partial charge in [-0.15, -0.1) is 0 Å². The fraction of sp³-hybridized carbons (Fsp3) is 0.286. The highest BCUT2D eigenvalue weighted by Gasteiger charge is 2.33. The number of rotatable bonds is 4. The van der Waals surface area contributed by atoms with E-state index in [4.69, 9.17) is 28.4 Å². The van der Waals surface area contributed by atoms with E-state index in [1.165, 1.54) is 6.26 Å². The Morgan fingerprint density at radius 1 is 0.929 bits per heavy atom. The summed E-state index contributed by atoms with van der Waals surface area (Å²) in [7, 11) is 0. The molecule has 4 rings (SSSR count). The summed E-state index contributed by atoms with van der Waals surface area (Å²) in [6.45, 7) is 9.11. The molecule has 0 fully saturated rings. The van der Waals surface area contributed by atoms with Gasteiger partial charge in [0.15, 0.2) is 23.0 Å². The van der Waals surface area contributed by atoms with Crippen LogP contribution in [0.3, 0.4) is 0 Å². The molecule has 0 N–H and O–H groups in total. The summed E-state index contributed by atoms with van der Waals surface area (Å²) in [6, 6.07) is 6.84. The molecule has 28 heavy (non-hydrogen) atoms. The van der Waals surface area contributed by atoms with Crippen LogP contribution in [-0.2, 0) is 4.79 Å². The third-order valence-electron chi connectivity index (χ3n) is 4.28. The maximum Gasteiger partial charge on any atom is 0.316 e. The summed E-state index contributed by atoms with van der Waals surface area (Å²) in [5.41, 5.74) is 0.340. The molecule has 0 unspecified atom stereocenters. The summed E-state index contributed by atoms with van der Waals surface area (Å²) in [4.78, 5) is 12.6. The smallest absolute Gasteiger partial charge is 0.316 e. The van der Waals surface area contributed by atoms with Crippen LogP contribution in [0.5, 0.6) is 34.5 Å². The molecule has 0 bridgehead atoms. The van der Waals surface area contributed by atoms with Crippen molar-refractivity contribution in [1.82, 2.24) is 0 Å². The molecular formula is C21H20O7. The minimum Gasteiger partial charge on any atom is -0.465 e. The molecule has 0 spiro atoms. The second-order valence-electron chi connectivity index (χ2n) is 7.27. The Labute approximate surface area is 162 Å². The lowest BCUT2D eigenvalue weighted by Gasteiger charge is -2.20. The normalized spacial score (nSPS) is 14.0. The van der Waals surface area contributed by atoms with Gasteiger partial charge in [0, 0.05) is 0 Å². The largest absolute Gasteiger partial charge is 0.465 e. The van der Waals surface area contributed by atoms with Gasteiger partial charge in [-0.05, 0) is 45.0 Å². The van der Waals surface area contributed by atoms with E-state index in [1.54, 1.807) is 45.0 Å². The molecule has 2 aromatic carbocycles. The predicted molar refractivity (Wildman–Crippen MR) is 100 cm³/mol. The van der Waals surface area contributed by atoms with Crippen LogP contribution in [0.2, 0.25) is 0 Å². The predicted octanol–water partition coefficient (Wildman–Crippen LogP) is 4.28. The Kier molecular flexibility index (Phi) is 4.30. The Hall–Kier alpha value is -3.35.